The smallest absolute Gasteiger partial charge is 0.310 e. The van der Waals surface area contributed by atoms with E-state index in [1.807, 2.05) is 60.7 Å². The molecule has 148 valence electrons. The van der Waals surface area contributed by atoms with E-state index in [1.54, 1.807) is 4.90 Å². The van der Waals surface area contributed by atoms with Gasteiger partial charge in [0.2, 0.25) is 0 Å². The summed E-state index contributed by atoms with van der Waals surface area (Å²) in [5.41, 5.74) is 2.05. The third-order valence-corrected chi connectivity index (χ3v) is 5.27. The van der Waals surface area contributed by atoms with Crippen molar-refractivity contribution >= 4 is 28.3 Å². The molecule has 3 aromatic carbocycles. The molecule has 0 atom stereocenters. The molecule has 0 radical (unpaired) electrons. The molecule has 0 N–H and O–H groups in total. The van der Waals surface area contributed by atoms with Crippen LogP contribution in [-0.4, -0.2) is 49.6 Å². The summed E-state index contributed by atoms with van der Waals surface area (Å²) in [5.74, 6) is -0.513. The van der Waals surface area contributed by atoms with Crippen molar-refractivity contribution in [3.8, 4) is 0 Å². The van der Waals surface area contributed by atoms with Crippen molar-refractivity contribution in [1.82, 2.24) is 4.90 Å². The number of amides is 1. The molecule has 3 aromatic rings. The van der Waals surface area contributed by atoms with Gasteiger partial charge in [-0.3, -0.25) is 9.59 Å². The zero-order valence-electron chi connectivity index (χ0n) is 16.3. The average Bonchev–Trinajstić information content (AvgIpc) is 2.78. The summed E-state index contributed by atoms with van der Waals surface area (Å²) in [6, 6.07) is 24.1. The summed E-state index contributed by atoms with van der Waals surface area (Å²) < 4.78 is 5.24. The maximum absolute atomic E-state index is 12.4. The van der Waals surface area contributed by atoms with Crippen molar-refractivity contribution in [2.24, 2.45) is 0 Å². The number of hydrogen-bond acceptors (Lipinski definition) is 4. The first-order valence-corrected chi connectivity index (χ1v) is 9.90. The average molecular weight is 388 g/mol. The highest BCUT2D eigenvalue weighted by atomic mass is 16.5. The van der Waals surface area contributed by atoms with Crippen LogP contribution in [-0.2, 0) is 20.7 Å². The first-order chi connectivity index (χ1) is 14.2. The molecule has 1 aliphatic heterocycles. The van der Waals surface area contributed by atoms with Crippen molar-refractivity contribution in [2.75, 3.05) is 37.7 Å². The number of carbonyl (C=O) groups is 2. The topological polar surface area (TPSA) is 49.9 Å². The molecule has 5 heteroatoms. The standard InChI is InChI=1S/C24H24N2O3/c27-23(26-14-12-25(13-15-26)22-8-2-1-3-9-22)18-29-24(28)17-19-10-11-20-6-4-5-7-21(20)16-19/h1-11,16H,12-15,17-18H2. The summed E-state index contributed by atoms with van der Waals surface area (Å²) in [5, 5.41) is 2.22. The highest BCUT2D eigenvalue weighted by Crippen LogP contribution is 2.17. The van der Waals surface area contributed by atoms with Crippen molar-refractivity contribution in [3.63, 3.8) is 0 Å². The normalized spacial score (nSPS) is 14.1. The largest absolute Gasteiger partial charge is 0.455 e. The molecule has 0 aliphatic carbocycles. The van der Waals surface area contributed by atoms with Crippen LogP contribution in [0.3, 0.4) is 0 Å². The maximum atomic E-state index is 12.4. The van der Waals surface area contributed by atoms with E-state index < -0.39 is 0 Å². The zero-order chi connectivity index (χ0) is 20.1. The molecule has 1 heterocycles. The molecule has 1 amide bonds. The molecule has 0 bridgehead atoms. The molecule has 1 aliphatic rings. The van der Waals surface area contributed by atoms with Crippen molar-refractivity contribution in [1.29, 1.82) is 0 Å². The van der Waals surface area contributed by atoms with E-state index in [-0.39, 0.29) is 24.9 Å². The first-order valence-electron chi connectivity index (χ1n) is 9.90. The Morgan fingerprint density at radius 1 is 0.793 bits per heavy atom. The lowest BCUT2D eigenvalue weighted by Gasteiger charge is -2.36. The van der Waals surface area contributed by atoms with Gasteiger partial charge in [-0.2, -0.15) is 0 Å². The van der Waals surface area contributed by atoms with Gasteiger partial charge in [0.1, 0.15) is 0 Å². The third kappa shape index (κ3) is 4.74. The molecule has 0 aromatic heterocycles. The van der Waals surface area contributed by atoms with Gasteiger partial charge in [0.05, 0.1) is 6.42 Å². The van der Waals surface area contributed by atoms with Crippen LogP contribution in [0.25, 0.3) is 10.8 Å². The van der Waals surface area contributed by atoms with Crippen molar-refractivity contribution < 1.29 is 14.3 Å². The van der Waals surface area contributed by atoms with E-state index in [9.17, 15) is 9.59 Å². The molecule has 0 spiro atoms. The second-order valence-electron chi connectivity index (χ2n) is 7.22. The number of para-hydroxylation sites is 1. The number of rotatable bonds is 5. The minimum atomic E-state index is -0.378. The highest BCUT2D eigenvalue weighted by molar-refractivity contribution is 5.85. The highest BCUT2D eigenvalue weighted by Gasteiger charge is 2.22. The maximum Gasteiger partial charge on any atom is 0.310 e. The predicted molar refractivity (Wildman–Crippen MR) is 114 cm³/mol. The molecule has 1 saturated heterocycles. The fourth-order valence-electron chi connectivity index (χ4n) is 3.65. The number of fused-ring (bicyclic) bond motifs is 1. The van der Waals surface area contributed by atoms with Crippen molar-refractivity contribution in [2.45, 2.75) is 6.42 Å². The lowest BCUT2D eigenvalue weighted by molar-refractivity contribution is -0.151. The lowest BCUT2D eigenvalue weighted by Crippen LogP contribution is -2.49. The van der Waals surface area contributed by atoms with Crippen LogP contribution in [0.4, 0.5) is 5.69 Å². The van der Waals surface area contributed by atoms with E-state index in [0.29, 0.717) is 13.1 Å². The van der Waals surface area contributed by atoms with Crippen LogP contribution in [0.5, 0.6) is 0 Å². The number of anilines is 1. The van der Waals surface area contributed by atoms with Crippen LogP contribution >= 0.6 is 0 Å². The summed E-state index contributed by atoms with van der Waals surface area (Å²) in [7, 11) is 0. The molecular formula is C24H24N2O3. The van der Waals surface area contributed by atoms with Gasteiger partial charge in [-0.15, -0.1) is 0 Å². The van der Waals surface area contributed by atoms with Gasteiger partial charge in [-0.1, -0.05) is 60.7 Å². The monoisotopic (exact) mass is 388 g/mol. The van der Waals surface area contributed by atoms with Gasteiger partial charge in [0.15, 0.2) is 6.61 Å². The Labute approximate surface area is 170 Å². The van der Waals surface area contributed by atoms with Crippen LogP contribution < -0.4 is 4.90 Å². The Morgan fingerprint density at radius 3 is 2.24 bits per heavy atom. The molecule has 0 saturated carbocycles. The van der Waals surface area contributed by atoms with E-state index >= 15 is 0 Å². The molecule has 29 heavy (non-hydrogen) atoms. The molecule has 4 rings (SSSR count). The summed E-state index contributed by atoms with van der Waals surface area (Å²) >= 11 is 0. The molecular weight excluding hydrogens is 364 g/mol. The van der Waals surface area contributed by atoms with Gasteiger partial charge < -0.3 is 14.5 Å². The summed E-state index contributed by atoms with van der Waals surface area (Å²) in [4.78, 5) is 28.6. The SMILES string of the molecule is O=C(Cc1ccc2ccccc2c1)OCC(=O)N1CCN(c2ccccc2)CC1. The number of piperazine rings is 1. The van der Waals surface area contributed by atoms with Gasteiger partial charge in [-0.25, -0.2) is 0 Å². The number of benzene rings is 3. The van der Waals surface area contributed by atoms with Gasteiger partial charge in [0, 0.05) is 31.9 Å². The Morgan fingerprint density at radius 2 is 1.48 bits per heavy atom. The van der Waals surface area contributed by atoms with E-state index in [2.05, 4.69) is 17.0 Å². The fourth-order valence-corrected chi connectivity index (χ4v) is 3.65. The Hall–Kier alpha value is -3.34. The first kappa shape index (κ1) is 19.0. The van der Waals surface area contributed by atoms with E-state index in [1.165, 1.54) is 5.69 Å². The van der Waals surface area contributed by atoms with Crippen LogP contribution in [0.15, 0.2) is 72.8 Å². The number of ether oxygens (including phenoxy) is 1. The fraction of sp³-hybridized carbons (Fsp3) is 0.250. The van der Waals surface area contributed by atoms with Gasteiger partial charge in [0.25, 0.3) is 5.91 Å². The molecule has 1 fully saturated rings. The van der Waals surface area contributed by atoms with E-state index in [4.69, 9.17) is 4.74 Å². The van der Waals surface area contributed by atoms with Crippen LogP contribution in [0.1, 0.15) is 5.56 Å². The lowest BCUT2D eigenvalue weighted by atomic mass is 10.1. The summed E-state index contributed by atoms with van der Waals surface area (Å²) in [6.45, 7) is 2.63. The van der Waals surface area contributed by atoms with Crippen LogP contribution in [0, 0.1) is 0 Å². The van der Waals surface area contributed by atoms with Gasteiger partial charge >= 0.3 is 5.97 Å². The van der Waals surface area contributed by atoms with Gasteiger partial charge in [-0.05, 0) is 28.5 Å². The predicted octanol–water partition coefficient (Wildman–Crippen LogP) is 3.27. The number of esters is 1. The molecule has 0 unspecified atom stereocenters. The number of nitrogens with zero attached hydrogens (tertiary/aromatic N) is 2. The third-order valence-electron chi connectivity index (χ3n) is 5.27. The second-order valence-corrected chi connectivity index (χ2v) is 7.22. The number of carbonyl (C=O) groups excluding carboxylic acids is 2. The Bertz CT molecular complexity index is 995. The zero-order valence-corrected chi connectivity index (χ0v) is 16.3. The molecule has 5 nitrogen and oxygen atoms in total. The van der Waals surface area contributed by atoms with E-state index in [0.717, 1.165) is 29.4 Å². The summed E-state index contributed by atoms with van der Waals surface area (Å²) in [6.07, 6.45) is 0.167. The Balaban J connectivity index is 1.24. The minimum Gasteiger partial charge on any atom is -0.455 e. The van der Waals surface area contributed by atoms with Crippen LogP contribution in [0.2, 0.25) is 0 Å². The number of hydrogen-bond donors (Lipinski definition) is 0. The quantitative estimate of drug-likeness (QED) is 0.630. The van der Waals surface area contributed by atoms with Crippen molar-refractivity contribution in [3.05, 3.63) is 78.4 Å². The minimum absolute atomic E-state index is 0.135. The Kier molecular flexibility index (Phi) is 5.75. The second kappa shape index (κ2) is 8.78.